The summed E-state index contributed by atoms with van der Waals surface area (Å²) in [6.07, 6.45) is 3.47. The molecule has 2 aromatic rings. The lowest BCUT2D eigenvalue weighted by Gasteiger charge is -2.30. The minimum atomic E-state index is -3.50. The topological polar surface area (TPSA) is 70.8 Å². The first-order valence-electron chi connectivity index (χ1n) is 7.47. The van der Waals surface area contributed by atoms with Gasteiger partial charge in [-0.2, -0.15) is 17.0 Å². The van der Waals surface area contributed by atoms with E-state index in [2.05, 4.69) is 10.2 Å². The van der Waals surface area contributed by atoms with Crippen molar-refractivity contribution >= 4 is 15.9 Å². The minimum absolute atomic E-state index is 0.0820. The second kappa shape index (κ2) is 5.60. The maximum Gasteiger partial charge on any atom is 0.282 e. The van der Waals surface area contributed by atoms with Crippen LogP contribution in [0.25, 0.3) is 5.65 Å². The Morgan fingerprint density at radius 2 is 2.09 bits per heavy atom. The van der Waals surface area contributed by atoms with E-state index in [0.29, 0.717) is 12.4 Å². The highest BCUT2D eigenvalue weighted by molar-refractivity contribution is 7.86. The SMILES string of the molecule is CC(C)N(C)S(=O)(=O)N1CCC[C@@H]1c1nnc2ccccn12. The molecule has 0 spiro atoms. The van der Waals surface area contributed by atoms with E-state index in [9.17, 15) is 8.42 Å². The van der Waals surface area contributed by atoms with Gasteiger partial charge in [0.15, 0.2) is 11.5 Å². The van der Waals surface area contributed by atoms with Crippen LogP contribution in [0.4, 0.5) is 0 Å². The van der Waals surface area contributed by atoms with Gasteiger partial charge in [-0.1, -0.05) is 6.07 Å². The molecule has 0 saturated carbocycles. The maximum absolute atomic E-state index is 12.8. The molecule has 2 aromatic heterocycles. The minimum Gasteiger partial charge on any atom is -0.285 e. The first-order chi connectivity index (χ1) is 10.4. The predicted octanol–water partition coefficient (Wildman–Crippen LogP) is 1.45. The number of rotatable bonds is 4. The normalized spacial score (nSPS) is 20.5. The van der Waals surface area contributed by atoms with Gasteiger partial charge in [-0.25, -0.2) is 0 Å². The highest BCUT2D eigenvalue weighted by atomic mass is 32.2. The number of fused-ring (bicyclic) bond motifs is 1. The molecule has 1 saturated heterocycles. The van der Waals surface area contributed by atoms with Gasteiger partial charge in [-0.15, -0.1) is 10.2 Å². The van der Waals surface area contributed by atoms with Gasteiger partial charge in [0.05, 0.1) is 6.04 Å². The molecular weight excluding hydrogens is 302 g/mol. The quantitative estimate of drug-likeness (QED) is 0.854. The molecule has 0 unspecified atom stereocenters. The van der Waals surface area contributed by atoms with E-state index in [-0.39, 0.29) is 12.1 Å². The maximum atomic E-state index is 12.8. The molecule has 8 heteroatoms. The number of hydrogen-bond acceptors (Lipinski definition) is 4. The van der Waals surface area contributed by atoms with E-state index in [1.54, 1.807) is 11.4 Å². The standard InChI is InChI=1S/C14H21N5O2S/c1-11(2)17(3)22(20,21)19-10-6-7-12(19)14-16-15-13-8-4-5-9-18(13)14/h4-5,8-9,11-12H,6-7,10H2,1-3H3/t12-/m1/s1. The van der Waals surface area contributed by atoms with Gasteiger partial charge in [0.1, 0.15) is 0 Å². The Labute approximate surface area is 130 Å². The van der Waals surface area contributed by atoms with Crippen molar-refractivity contribution in [3.63, 3.8) is 0 Å². The van der Waals surface area contributed by atoms with E-state index in [1.165, 1.54) is 4.31 Å². The molecule has 0 radical (unpaired) electrons. The number of pyridine rings is 1. The smallest absolute Gasteiger partial charge is 0.282 e. The summed E-state index contributed by atoms with van der Waals surface area (Å²) in [4.78, 5) is 0. The summed E-state index contributed by atoms with van der Waals surface area (Å²) < 4.78 is 30.5. The van der Waals surface area contributed by atoms with Crippen molar-refractivity contribution in [2.24, 2.45) is 0 Å². The van der Waals surface area contributed by atoms with Crippen LogP contribution in [0.2, 0.25) is 0 Å². The fourth-order valence-corrected chi connectivity index (χ4v) is 4.54. The van der Waals surface area contributed by atoms with E-state index in [4.69, 9.17) is 0 Å². The number of nitrogens with zero attached hydrogens (tertiary/aromatic N) is 5. The first-order valence-corrected chi connectivity index (χ1v) is 8.87. The van der Waals surface area contributed by atoms with Crippen LogP contribution in [-0.2, 0) is 10.2 Å². The Bertz CT molecular complexity index is 770. The molecule has 7 nitrogen and oxygen atoms in total. The highest BCUT2D eigenvalue weighted by Gasteiger charge is 2.40. The molecule has 1 aliphatic heterocycles. The van der Waals surface area contributed by atoms with Crippen molar-refractivity contribution in [3.05, 3.63) is 30.2 Å². The lowest BCUT2D eigenvalue weighted by Crippen LogP contribution is -2.44. The van der Waals surface area contributed by atoms with Crippen molar-refractivity contribution in [2.75, 3.05) is 13.6 Å². The van der Waals surface area contributed by atoms with Gasteiger partial charge >= 0.3 is 0 Å². The van der Waals surface area contributed by atoms with Crippen LogP contribution >= 0.6 is 0 Å². The third kappa shape index (κ3) is 2.41. The zero-order valence-corrected chi connectivity index (χ0v) is 13.9. The molecule has 1 fully saturated rings. The number of aromatic nitrogens is 3. The van der Waals surface area contributed by atoms with Crippen LogP contribution in [-0.4, -0.2) is 51.3 Å². The molecule has 0 aliphatic carbocycles. The van der Waals surface area contributed by atoms with Crippen LogP contribution in [0, 0.1) is 0 Å². The van der Waals surface area contributed by atoms with Crippen molar-refractivity contribution < 1.29 is 8.42 Å². The molecule has 0 aromatic carbocycles. The monoisotopic (exact) mass is 323 g/mol. The molecule has 1 aliphatic rings. The van der Waals surface area contributed by atoms with Gasteiger partial charge in [-0.3, -0.25) is 4.40 Å². The van der Waals surface area contributed by atoms with Crippen LogP contribution < -0.4 is 0 Å². The highest BCUT2D eigenvalue weighted by Crippen LogP contribution is 2.34. The first kappa shape index (κ1) is 15.4. The van der Waals surface area contributed by atoms with Crippen LogP contribution in [0.15, 0.2) is 24.4 Å². The lowest BCUT2D eigenvalue weighted by atomic mass is 10.2. The Hall–Kier alpha value is -1.51. The average Bonchev–Trinajstić information content (AvgIpc) is 3.12. The zero-order chi connectivity index (χ0) is 15.9. The van der Waals surface area contributed by atoms with Crippen molar-refractivity contribution in [3.8, 4) is 0 Å². The van der Waals surface area contributed by atoms with Gasteiger partial charge in [0.25, 0.3) is 10.2 Å². The van der Waals surface area contributed by atoms with Gasteiger partial charge < -0.3 is 0 Å². The molecule has 0 amide bonds. The largest absolute Gasteiger partial charge is 0.285 e. The van der Waals surface area contributed by atoms with Crippen molar-refractivity contribution in [1.82, 2.24) is 23.2 Å². The van der Waals surface area contributed by atoms with Gasteiger partial charge in [0, 0.05) is 25.8 Å². The summed E-state index contributed by atoms with van der Waals surface area (Å²) in [6, 6.07) is 5.31. The average molecular weight is 323 g/mol. The van der Waals surface area contributed by atoms with Crippen LogP contribution in [0.5, 0.6) is 0 Å². The molecule has 0 bridgehead atoms. The zero-order valence-electron chi connectivity index (χ0n) is 13.0. The Kier molecular flexibility index (Phi) is 3.92. The van der Waals surface area contributed by atoms with Crippen molar-refractivity contribution in [2.45, 2.75) is 38.8 Å². The number of hydrogen-bond donors (Lipinski definition) is 0. The summed E-state index contributed by atoms with van der Waals surface area (Å²) in [7, 11) is -1.87. The van der Waals surface area contributed by atoms with E-state index >= 15 is 0 Å². The van der Waals surface area contributed by atoms with E-state index in [1.807, 2.05) is 42.6 Å². The van der Waals surface area contributed by atoms with Gasteiger partial charge in [-0.05, 0) is 38.8 Å². The Morgan fingerprint density at radius 1 is 1.32 bits per heavy atom. The summed E-state index contributed by atoms with van der Waals surface area (Å²) in [5.74, 6) is 0.689. The van der Waals surface area contributed by atoms with Gasteiger partial charge in [0.2, 0.25) is 0 Å². The fraction of sp³-hybridized carbons (Fsp3) is 0.571. The van der Waals surface area contributed by atoms with Crippen LogP contribution in [0.3, 0.4) is 0 Å². The summed E-state index contributed by atoms with van der Waals surface area (Å²) in [5, 5.41) is 8.37. The summed E-state index contributed by atoms with van der Waals surface area (Å²) >= 11 is 0. The molecule has 3 rings (SSSR count). The second-order valence-corrected chi connectivity index (χ2v) is 7.81. The summed E-state index contributed by atoms with van der Waals surface area (Å²) in [6.45, 7) is 4.26. The fourth-order valence-electron chi connectivity index (χ4n) is 2.79. The van der Waals surface area contributed by atoms with E-state index in [0.717, 1.165) is 18.5 Å². The predicted molar refractivity (Wildman–Crippen MR) is 83.5 cm³/mol. The third-order valence-corrected chi connectivity index (χ3v) is 6.41. The van der Waals surface area contributed by atoms with Crippen LogP contribution in [0.1, 0.15) is 38.6 Å². The third-order valence-electron chi connectivity index (χ3n) is 4.23. The molecule has 120 valence electrons. The van der Waals surface area contributed by atoms with Crippen molar-refractivity contribution in [1.29, 1.82) is 0 Å². The summed E-state index contributed by atoms with van der Waals surface area (Å²) in [5.41, 5.74) is 0.735. The lowest BCUT2D eigenvalue weighted by molar-refractivity contribution is 0.319. The Balaban J connectivity index is 2.00. The second-order valence-electron chi connectivity index (χ2n) is 5.87. The molecule has 3 heterocycles. The molecule has 0 N–H and O–H groups in total. The van der Waals surface area contributed by atoms with E-state index < -0.39 is 10.2 Å². The Morgan fingerprint density at radius 3 is 2.82 bits per heavy atom. The molecule has 1 atom stereocenters. The molecular formula is C14H21N5O2S. The molecule has 22 heavy (non-hydrogen) atoms.